The summed E-state index contributed by atoms with van der Waals surface area (Å²) in [6.45, 7) is 5.65. The first kappa shape index (κ1) is 14.1. The zero-order valence-corrected chi connectivity index (χ0v) is 9.11. The lowest BCUT2D eigenvalue weighted by atomic mass is 10.3. The van der Waals surface area contributed by atoms with E-state index >= 15 is 0 Å². The smallest absolute Gasteiger partial charge is 0.333 e. The van der Waals surface area contributed by atoms with Crippen LogP contribution in [0.3, 0.4) is 0 Å². The van der Waals surface area contributed by atoms with E-state index < -0.39 is 0 Å². The predicted octanol–water partition coefficient (Wildman–Crippen LogP) is 0.0875. The van der Waals surface area contributed by atoms with E-state index in [0.29, 0.717) is 25.1 Å². The maximum absolute atomic E-state index is 10.9. The van der Waals surface area contributed by atoms with E-state index in [1.165, 1.54) is 4.90 Å². The molecule has 0 rings (SSSR count). The van der Waals surface area contributed by atoms with Crippen molar-refractivity contribution in [2.24, 2.45) is 0 Å². The summed E-state index contributed by atoms with van der Waals surface area (Å²) in [5.41, 5.74) is 0.391. The first-order chi connectivity index (χ1) is 7.11. The fourth-order valence-corrected chi connectivity index (χ4v) is 0.912. The standard InChI is InChI=1S/C10H19NO4/c1-9(2)10(14)15-6-4-3-5-11(7-12)8-13/h12-13H,1,3-8H2,2H3. The average molecular weight is 217 g/mol. The number of nitrogens with zero attached hydrogens (tertiary/aromatic N) is 1. The molecule has 5 nitrogen and oxygen atoms in total. The summed E-state index contributed by atoms with van der Waals surface area (Å²) in [6.07, 6.45) is 1.46. The third kappa shape index (κ3) is 7.07. The summed E-state index contributed by atoms with van der Waals surface area (Å²) in [6, 6.07) is 0. The van der Waals surface area contributed by atoms with Gasteiger partial charge in [-0.15, -0.1) is 0 Å². The Morgan fingerprint density at radius 3 is 2.40 bits per heavy atom. The second-order valence-corrected chi connectivity index (χ2v) is 3.30. The molecule has 0 unspecified atom stereocenters. The summed E-state index contributed by atoms with van der Waals surface area (Å²) in [4.78, 5) is 12.4. The molecular formula is C10H19NO4. The fraction of sp³-hybridized carbons (Fsp3) is 0.700. The normalized spacial score (nSPS) is 10.4. The summed E-state index contributed by atoms with van der Waals surface area (Å²) < 4.78 is 4.87. The number of aliphatic hydroxyl groups is 2. The quantitative estimate of drug-likeness (QED) is 0.261. The first-order valence-electron chi connectivity index (χ1n) is 4.88. The van der Waals surface area contributed by atoms with Crippen LogP contribution >= 0.6 is 0 Å². The second kappa shape index (κ2) is 8.40. The van der Waals surface area contributed by atoms with Gasteiger partial charge in [0.2, 0.25) is 0 Å². The van der Waals surface area contributed by atoms with Crippen LogP contribution in [0.5, 0.6) is 0 Å². The van der Waals surface area contributed by atoms with Crippen LogP contribution in [0.15, 0.2) is 12.2 Å². The van der Waals surface area contributed by atoms with Crippen molar-refractivity contribution < 1.29 is 19.7 Å². The Labute approximate surface area is 90.0 Å². The van der Waals surface area contributed by atoms with Gasteiger partial charge in [-0.3, -0.25) is 4.90 Å². The number of aliphatic hydroxyl groups excluding tert-OH is 2. The lowest BCUT2D eigenvalue weighted by Crippen LogP contribution is -2.27. The van der Waals surface area contributed by atoms with E-state index in [1.807, 2.05) is 0 Å². The summed E-state index contributed by atoms with van der Waals surface area (Å²) in [5.74, 6) is -0.379. The van der Waals surface area contributed by atoms with Gasteiger partial charge in [-0.25, -0.2) is 4.79 Å². The van der Waals surface area contributed by atoms with Crippen molar-refractivity contribution in [1.29, 1.82) is 0 Å². The van der Waals surface area contributed by atoms with Crippen molar-refractivity contribution in [3.63, 3.8) is 0 Å². The van der Waals surface area contributed by atoms with Crippen LogP contribution in [-0.2, 0) is 9.53 Å². The molecule has 0 aliphatic heterocycles. The van der Waals surface area contributed by atoms with Crippen molar-refractivity contribution in [3.05, 3.63) is 12.2 Å². The molecule has 15 heavy (non-hydrogen) atoms. The van der Waals surface area contributed by atoms with Crippen LogP contribution < -0.4 is 0 Å². The third-order valence-electron chi connectivity index (χ3n) is 1.85. The van der Waals surface area contributed by atoms with Crippen LogP contribution in [0.25, 0.3) is 0 Å². The molecule has 0 heterocycles. The molecule has 0 spiro atoms. The fourth-order valence-electron chi connectivity index (χ4n) is 0.912. The van der Waals surface area contributed by atoms with Crippen molar-refractivity contribution in [2.75, 3.05) is 26.6 Å². The predicted molar refractivity (Wildman–Crippen MR) is 55.9 cm³/mol. The molecule has 0 aromatic rings. The van der Waals surface area contributed by atoms with E-state index in [1.54, 1.807) is 6.92 Å². The van der Waals surface area contributed by atoms with Crippen molar-refractivity contribution >= 4 is 5.97 Å². The van der Waals surface area contributed by atoms with Crippen LogP contribution in [0, 0.1) is 0 Å². The number of ether oxygens (including phenoxy) is 1. The first-order valence-corrected chi connectivity index (χ1v) is 4.88. The SMILES string of the molecule is C=C(C)C(=O)OCCCCN(CO)CO. The van der Waals surface area contributed by atoms with Crippen LogP contribution in [0.2, 0.25) is 0 Å². The molecular weight excluding hydrogens is 198 g/mol. The lowest BCUT2D eigenvalue weighted by Gasteiger charge is -2.15. The van der Waals surface area contributed by atoms with E-state index in [-0.39, 0.29) is 19.4 Å². The van der Waals surface area contributed by atoms with Crippen molar-refractivity contribution in [1.82, 2.24) is 4.90 Å². The molecule has 0 bridgehead atoms. The van der Waals surface area contributed by atoms with Gasteiger partial charge >= 0.3 is 5.97 Å². The minimum atomic E-state index is -0.379. The topological polar surface area (TPSA) is 70.0 Å². The number of unbranched alkanes of at least 4 members (excludes halogenated alkanes) is 1. The van der Waals surface area contributed by atoms with Crippen molar-refractivity contribution in [3.8, 4) is 0 Å². The minimum absolute atomic E-state index is 0.165. The van der Waals surface area contributed by atoms with Gasteiger partial charge in [0, 0.05) is 12.1 Å². The number of esters is 1. The molecule has 0 atom stereocenters. The van der Waals surface area contributed by atoms with E-state index in [4.69, 9.17) is 14.9 Å². The number of carbonyl (C=O) groups is 1. The summed E-state index contributed by atoms with van der Waals surface area (Å²) in [7, 11) is 0. The molecule has 0 saturated heterocycles. The van der Waals surface area contributed by atoms with Gasteiger partial charge in [-0.05, 0) is 19.8 Å². The van der Waals surface area contributed by atoms with Gasteiger partial charge in [0.25, 0.3) is 0 Å². The van der Waals surface area contributed by atoms with Crippen LogP contribution in [-0.4, -0.2) is 47.7 Å². The van der Waals surface area contributed by atoms with E-state index in [9.17, 15) is 4.79 Å². The summed E-state index contributed by atoms with van der Waals surface area (Å²) >= 11 is 0. The molecule has 0 saturated carbocycles. The Hall–Kier alpha value is -0.910. The Kier molecular flexibility index (Phi) is 7.89. The third-order valence-corrected chi connectivity index (χ3v) is 1.85. The highest BCUT2D eigenvalue weighted by molar-refractivity contribution is 5.86. The lowest BCUT2D eigenvalue weighted by molar-refractivity contribution is -0.139. The minimum Gasteiger partial charge on any atom is -0.462 e. The van der Waals surface area contributed by atoms with Crippen LogP contribution in [0.4, 0.5) is 0 Å². The highest BCUT2D eigenvalue weighted by atomic mass is 16.5. The number of carbonyl (C=O) groups excluding carboxylic acids is 1. The van der Waals surface area contributed by atoms with E-state index in [2.05, 4.69) is 6.58 Å². The van der Waals surface area contributed by atoms with Gasteiger partial charge in [-0.1, -0.05) is 6.58 Å². The molecule has 0 aromatic heterocycles. The monoisotopic (exact) mass is 217 g/mol. The Morgan fingerprint density at radius 1 is 1.33 bits per heavy atom. The maximum atomic E-state index is 10.9. The number of hydrogen-bond acceptors (Lipinski definition) is 5. The van der Waals surface area contributed by atoms with Gasteiger partial charge in [0.1, 0.15) is 0 Å². The highest BCUT2D eigenvalue weighted by Crippen LogP contribution is 1.97. The number of rotatable bonds is 8. The zero-order valence-electron chi connectivity index (χ0n) is 9.11. The van der Waals surface area contributed by atoms with Gasteiger partial charge in [0.15, 0.2) is 0 Å². The van der Waals surface area contributed by atoms with Gasteiger partial charge in [0.05, 0.1) is 20.1 Å². The Bertz CT molecular complexity index is 202. The molecule has 0 aromatic carbocycles. The van der Waals surface area contributed by atoms with Gasteiger partial charge < -0.3 is 14.9 Å². The molecule has 2 N–H and O–H groups in total. The Balaban J connectivity index is 3.39. The molecule has 88 valence electrons. The molecule has 0 aliphatic rings. The zero-order chi connectivity index (χ0) is 11.7. The highest BCUT2D eigenvalue weighted by Gasteiger charge is 2.03. The molecule has 5 heteroatoms. The molecule has 0 radical (unpaired) electrons. The summed E-state index contributed by atoms with van der Waals surface area (Å²) in [5, 5.41) is 17.4. The second-order valence-electron chi connectivity index (χ2n) is 3.30. The molecule has 0 fully saturated rings. The molecule has 0 aliphatic carbocycles. The van der Waals surface area contributed by atoms with E-state index in [0.717, 1.165) is 6.42 Å². The number of hydrogen-bond donors (Lipinski definition) is 2. The Morgan fingerprint density at radius 2 is 1.93 bits per heavy atom. The molecule has 0 amide bonds. The van der Waals surface area contributed by atoms with Crippen molar-refractivity contribution in [2.45, 2.75) is 19.8 Å². The van der Waals surface area contributed by atoms with Crippen LogP contribution in [0.1, 0.15) is 19.8 Å². The maximum Gasteiger partial charge on any atom is 0.333 e. The largest absolute Gasteiger partial charge is 0.462 e. The average Bonchev–Trinajstić information content (AvgIpc) is 2.23. The van der Waals surface area contributed by atoms with Gasteiger partial charge in [-0.2, -0.15) is 0 Å².